The van der Waals surface area contributed by atoms with Crippen molar-refractivity contribution in [1.82, 2.24) is 15.1 Å². The van der Waals surface area contributed by atoms with Gasteiger partial charge in [-0.25, -0.2) is 18.9 Å². The van der Waals surface area contributed by atoms with Gasteiger partial charge in [0.05, 0.1) is 0 Å². The fraction of sp³-hybridized carbons (Fsp3) is 0.360. The highest BCUT2D eigenvalue weighted by atomic mass is 19.4. The number of halogens is 4. The topological polar surface area (TPSA) is 108 Å². The Morgan fingerprint density at radius 3 is 2.47 bits per heavy atom. The Hall–Kier alpha value is -4.16. The highest BCUT2D eigenvalue weighted by Gasteiger charge is 2.58. The Morgan fingerprint density at radius 2 is 1.84 bits per heavy atom. The number of aryl methyl sites for hydroxylation is 1. The number of nitrogens with one attached hydrogen (secondary N) is 2. The Kier molecular flexibility index (Phi) is 7.04. The van der Waals surface area contributed by atoms with Gasteiger partial charge in [-0.3, -0.25) is 9.59 Å². The van der Waals surface area contributed by atoms with Gasteiger partial charge in [-0.2, -0.15) is 13.2 Å². The maximum atomic E-state index is 13.6. The fourth-order valence-electron chi connectivity index (χ4n) is 4.53. The van der Waals surface area contributed by atoms with E-state index in [1.165, 1.54) is 25.2 Å². The number of carbonyl (C=O) groups is 4. The van der Waals surface area contributed by atoms with Crippen LogP contribution >= 0.6 is 0 Å². The summed E-state index contributed by atoms with van der Waals surface area (Å²) in [7, 11) is 1.42. The van der Waals surface area contributed by atoms with Crippen LogP contribution in [0.15, 0.2) is 42.5 Å². The van der Waals surface area contributed by atoms with E-state index in [1.807, 2.05) is 0 Å². The first kappa shape index (κ1) is 26.9. The molecule has 13 heteroatoms. The summed E-state index contributed by atoms with van der Waals surface area (Å²) < 4.78 is 59.5. The van der Waals surface area contributed by atoms with Gasteiger partial charge in [0.25, 0.3) is 5.91 Å². The lowest BCUT2D eigenvalue weighted by molar-refractivity contribution is -0.187. The first-order valence-electron chi connectivity index (χ1n) is 11.6. The molecule has 0 saturated carbocycles. The summed E-state index contributed by atoms with van der Waals surface area (Å²) >= 11 is 0. The predicted molar refractivity (Wildman–Crippen MR) is 125 cm³/mol. The number of alkyl halides is 3. The number of hydrogen-bond acceptors (Lipinski definition) is 5. The van der Waals surface area contributed by atoms with Crippen LogP contribution in [0.5, 0.6) is 0 Å². The van der Waals surface area contributed by atoms with Gasteiger partial charge >= 0.3 is 18.3 Å². The zero-order chi connectivity index (χ0) is 27.8. The van der Waals surface area contributed by atoms with Gasteiger partial charge in [0.15, 0.2) is 0 Å². The first-order valence-corrected chi connectivity index (χ1v) is 11.6. The van der Waals surface area contributed by atoms with E-state index < -0.39 is 60.7 Å². The second kappa shape index (κ2) is 9.95. The zero-order valence-corrected chi connectivity index (χ0v) is 20.4. The Balaban J connectivity index is 1.59. The molecule has 1 spiro atoms. The minimum Gasteiger partial charge on any atom is -0.427 e. The molecule has 202 valence electrons. The van der Waals surface area contributed by atoms with Crippen molar-refractivity contribution in [2.24, 2.45) is 0 Å². The van der Waals surface area contributed by atoms with Crippen molar-refractivity contribution in [1.29, 1.82) is 0 Å². The molecule has 0 radical (unpaired) electrons. The van der Waals surface area contributed by atoms with Gasteiger partial charge in [-0.15, -0.1) is 0 Å². The third-order valence-electron chi connectivity index (χ3n) is 6.67. The van der Waals surface area contributed by atoms with E-state index in [-0.39, 0.29) is 12.0 Å². The quantitative estimate of drug-likeness (QED) is 0.548. The van der Waals surface area contributed by atoms with Crippen LogP contribution in [0, 0.1) is 5.82 Å². The summed E-state index contributed by atoms with van der Waals surface area (Å²) in [6, 6.07) is 6.57. The summed E-state index contributed by atoms with van der Waals surface area (Å²) in [5.74, 6) is -2.63. The maximum Gasteiger partial charge on any atom is 0.418 e. The van der Waals surface area contributed by atoms with Crippen LogP contribution in [0.25, 0.3) is 0 Å². The maximum absolute atomic E-state index is 13.6. The van der Waals surface area contributed by atoms with Crippen LogP contribution < -0.4 is 10.6 Å². The number of urea groups is 1. The van der Waals surface area contributed by atoms with Crippen LogP contribution in [0.2, 0.25) is 0 Å². The summed E-state index contributed by atoms with van der Waals surface area (Å²) in [5.41, 5.74) is -0.197. The number of nitrogens with zero attached hydrogens (tertiary/aromatic N) is 2. The molecule has 2 N–H and O–H groups in total. The lowest BCUT2D eigenvalue weighted by Gasteiger charge is -2.31. The van der Waals surface area contributed by atoms with E-state index in [9.17, 15) is 36.7 Å². The standard InChI is InChI=1S/C25H24F4N4O5/c1-14(25(27,28)29)32(12-15-3-6-17(26)7-4-15)20(34)13-33-21(35)24(38-23(33)37)10-9-16-5-8-18(11-19(16)24)31-22(36)30-2/h3-8,11,14H,9-10,12-13H2,1-2H3,(H2,30,31,36)/t14-,24+/m1/s1. The number of fused-ring (bicyclic) bond motifs is 2. The van der Waals surface area contributed by atoms with Gasteiger partial charge in [0, 0.05) is 31.3 Å². The van der Waals surface area contributed by atoms with Gasteiger partial charge in [-0.1, -0.05) is 18.2 Å². The molecule has 4 rings (SSSR count). The number of anilines is 1. The number of benzene rings is 2. The minimum atomic E-state index is -4.80. The van der Waals surface area contributed by atoms with Gasteiger partial charge < -0.3 is 20.3 Å². The molecular formula is C25H24F4N4O5. The molecule has 1 heterocycles. The summed E-state index contributed by atoms with van der Waals surface area (Å²) in [6.45, 7) is -0.729. The molecule has 0 bridgehead atoms. The summed E-state index contributed by atoms with van der Waals surface area (Å²) in [5, 5.41) is 4.94. The van der Waals surface area contributed by atoms with Crippen molar-refractivity contribution in [2.45, 2.75) is 44.1 Å². The van der Waals surface area contributed by atoms with Gasteiger partial charge in [0.1, 0.15) is 18.4 Å². The molecule has 5 amide bonds. The van der Waals surface area contributed by atoms with Crippen LogP contribution in [0.4, 0.5) is 32.8 Å². The van der Waals surface area contributed by atoms with E-state index in [0.29, 0.717) is 33.0 Å². The second-order valence-corrected chi connectivity index (χ2v) is 9.03. The minimum absolute atomic E-state index is 0.0687. The largest absolute Gasteiger partial charge is 0.427 e. The third-order valence-corrected chi connectivity index (χ3v) is 6.67. The first-order chi connectivity index (χ1) is 17.9. The highest BCUT2D eigenvalue weighted by Crippen LogP contribution is 2.46. The predicted octanol–water partition coefficient (Wildman–Crippen LogP) is 3.68. The molecule has 2 atom stereocenters. The molecule has 9 nitrogen and oxygen atoms in total. The van der Waals surface area contributed by atoms with Crippen molar-refractivity contribution in [3.63, 3.8) is 0 Å². The van der Waals surface area contributed by atoms with Crippen molar-refractivity contribution >= 4 is 29.6 Å². The van der Waals surface area contributed by atoms with Gasteiger partial charge in [0.2, 0.25) is 11.5 Å². The summed E-state index contributed by atoms with van der Waals surface area (Å²) in [6.07, 6.45) is -5.54. The molecule has 1 saturated heterocycles. The van der Waals surface area contributed by atoms with E-state index in [1.54, 1.807) is 12.1 Å². The summed E-state index contributed by atoms with van der Waals surface area (Å²) in [4.78, 5) is 52.0. The molecule has 38 heavy (non-hydrogen) atoms. The zero-order valence-electron chi connectivity index (χ0n) is 20.4. The molecular weight excluding hydrogens is 512 g/mol. The Bertz CT molecular complexity index is 1280. The van der Waals surface area contributed by atoms with Crippen LogP contribution in [0.1, 0.15) is 30.0 Å². The normalized spacial score (nSPS) is 19.3. The Morgan fingerprint density at radius 1 is 1.16 bits per heavy atom. The van der Waals surface area contributed by atoms with Crippen molar-refractivity contribution in [2.75, 3.05) is 18.9 Å². The van der Waals surface area contributed by atoms with Crippen molar-refractivity contribution < 1.29 is 41.5 Å². The fourth-order valence-corrected chi connectivity index (χ4v) is 4.53. The Labute approximate surface area is 214 Å². The monoisotopic (exact) mass is 536 g/mol. The number of ether oxygens (including phenoxy) is 1. The van der Waals surface area contributed by atoms with Gasteiger partial charge in [-0.05, 0) is 48.7 Å². The molecule has 1 fully saturated rings. The van der Waals surface area contributed by atoms with E-state index in [4.69, 9.17) is 4.74 Å². The molecule has 2 aliphatic rings. The third kappa shape index (κ3) is 5.00. The SMILES string of the molecule is CNC(=O)Nc1ccc2c(c1)[C@]1(CC2)OC(=O)N(CC(=O)N(Cc2ccc(F)cc2)[C@H](C)C(F)(F)F)C1=O. The molecule has 2 aromatic carbocycles. The average molecular weight is 536 g/mol. The lowest BCUT2D eigenvalue weighted by atomic mass is 9.94. The molecule has 0 aromatic heterocycles. The number of amides is 5. The average Bonchev–Trinajstić information content (AvgIpc) is 3.34. The van der Waals surface area contributed by atoms with E-state index in [0.717, 1.165) is 19.1 Å². The molecule has 2 aromatic rings. The van der Waals surface area contributed by atoms with Crippen molar-refractivity contribution in [3.8, 4) is 0 Å². The highest BCUT2D eigenvalue weighted by molar-refractivity contribution is 6.06. The second-order valence-electron chi connectivity index (χ2n) is 9.03. The number of hydrogen-bond donors (Lipinski definition) is 2. The molecule has 1 aliphatic heterocycles. The number of carbonyl (C=O) groups excluding carboxylic acids is 4. The van der Waals surface area contributed by atoms with Crippen LogP contribution in [-0.2, 0) is 32.9 Å². The van der Waals surface area contributed by atoms with Crippen LogP contribution in [-0.4, -0.2) is 59.5 Å². The number of imide groups is 1. The smallest absolute Gasteiger partial charge is 0.418 e. The van der Waals surface area contributed by atoms with Crippen LogP contribution in [0.3, 0.4) is 0 Å². The molecule has 0 unspecified atom stereocenters. The molecule has 1 aliphatic carbocycles. The number of rotatable bonds is 6. The van der Waals surface area contributed by atoms with Crippen molar-refractivity contribution in [3.05, 3.63) is 65.0 Å². The lowest BCUT2D eigenvalue weighted by Crippen LogP contribution is -2.51. The van der Waals surface area contributed by atoms with E-state index in [2.05, 4.69) is 10.6 Å². The van der Waals surface area contributed by atoms with E-state index >= 15 is 0 Å².